The maximum absolute atomic E-state index is 12.0. The molecular formula is C23H28N4O5S. The molecule has 0 aliphatic rings. The van der Waals surface area contributed by atoms with Gasteiger partial charge in [0.25, 0.3) is 10.9 Å². The number of anilines is 3. The van der Waals surface area contributed by atoms with Crippen molar-refractivity contribution in [3.8, 4) is 0 Å². The van der Waals surface area contributed by atoms with Crippen molar-refractivity contribution < 1.29 is 13.3 Å². The third kappa shape index (κ3) is 7.21. The number of nitrogens with zero attached hydrogens (tertiary/aromatic N) is 2. The molecule has 0 radical (unpaired) electrons. The van der Waals surface area contributed by atoms with Gasteiger partial charge in [-0.15, -0.1) is 0 Å². The number of hydrogen-bond donors (Lipinski definition) is 2. The summed E-state index contributed by atoms with van der Waals surface area (Å²) in [6.45, 7) is 1.00. The minimum Gasteiger partial charge on any atom is -0.380 e. The molecule has 0 bridgehead atoms. The number of benzene rings is 1. The molecule has 0 saturated carbocycles. The van der Waals surface area contributed by atoms with Crippen LogP contribution in [0.2, 0.25) is 0 Å². The summed E-state index contributed by atoms with van der Waals surface area (Å²) in [6, 6.07) is 12.8. The monoisotopic (exact) mass is 472 g/mol. The molecule has 0 aliphatic carbocycles. The van der Waals surface area contributed by atoms with E-state index in [0.717, 1.165) is 35.6 Å². The van der Waals surface area contributed by atoms with Crippen LogP contribution in [0.5, 0.6) is 0 Å². The Bertz CT molecular complexity index is 1190. The van der Waals surface area contributed by atoms with Crippen LogP contribution >= 0.6 is 0 Å². The summed E-state index contributed by atoms with van der Waals surface area (Å²) in [4.78, 5) is 33.1. The van der Waals surface area contributed by atoms with Crippen LogP contribution in [0.25, 0.3) is 0 Å². The molecule has 1 aromatic heterocycles. The average Bonchev–Trinajstić information content (AvgIpc) is 2.81. The minimum absolute atomic E-state index is 0.190. The first-order valence-electron chi connectivity index (χ1n) is 10.7. The lowest BCUT2D eigenvalue weighted by atomic mass is 10.1. The van der Waals surface area contributed by atoms with Gasteiger partial charge in [-0.1, -0.05) is 47.6 Å². The Morgan fingerprint density at radius 2 is 1.58 bits per heavy atom. The van der Waals surface area contributed by atoms with E-state index in [0.29, 0.717) is 24.3 Å². The quantitative estimate of drug-likeness (QED) is 0.209. The van der Waals surface area contributed by atoms with Gasteiger partial charge in [-0.25, -0.2) is 8.42 Å². The van der Waals surface area contributed by atoms with Crippen molar-refractivity contribution in [3.05, 3.63) is 80.9 Å². The Labute approximate surface area is 193 Å². The van der Waals surface area contributed by atoms with Crippen LogP contribution in [0.3, 0.4) is 0 Å². The summed E-state index contributed by atoms with van der Waals surface area (Å²) in [7, 11) is -3.47. The highest BCUT2D eigenvalue weighted by Crippen LogP contribution is 2.20. The second kappa shape index (κ2) is 11.7. The van der Waals surface area contributed by atoms with Crippen LogP contribution in [0.15, 0.2) is 64.4 Å². The Kier molecular flexibility index (Phi) is 8.70. The Morgan fingerprint density at radius 3 is 2.27 bits per heavy atom. The van der Waals surface area contributed by atoms with E-state index in [1.54, 1.807) is 24.5 Å². The maximum atomic E-state index is 12.0. The predicted molar refractivity (Wildman–Crippen MR) is 129 cm³/mol. The van der Waals surface area contributed by atoms with Crippen molar-refractivity contribution in [2.45, 2.75) is 32.3 Å². The van der Waals surface area contributed by atoms with Gasteiger partial charge in [-0.3, -0.25) is 19.4 Å². The standard InChI is InChI=1S/C23H28N4O5S/c1-33(30,31)27(32-17-18-9-5-4-6-10-18)16-8-3-2-7-13-25-20-21(23(29)22(20)28)26-19-11-14-24-15-12-19/h4-6,9-12,14-15,25H,2-3,7-8,13,16-17H2,1H3,(H,24,26). The van der Waals surface area contributed by atoms with Crippen molar-refractivity contribution in [2.24, 2.45) is 0 Å². The van der Waals surface area contributed by atoms with E-state index in [-0.39, 0.29) is 18.8 Å². The summed E-state index contributed by atoms with van der Waals surface area (Å²) in [6.07, 6.45) is 7.39. The van der Waals surface area contributed by atoms with Crippen molar-refractivity contribution in [1.29, 1.82) is 0 Å². The van der Waals surface area contributed by atoms with Crippen molar-refractivity contribution in [1.82, 2.24) is 9.45 Å². The van der Waals surface area contributed by atoms with Gasteiger partial charge in [0.2, 0.25) is 10.0 Å². The van der Waals surface area contributed by atoms with Crippen LogP contribution in [-0.4, -0.2) is 37.2 Å². The van der Waals surface area contributed by atoms with Gasteiger partial charge in [-0.2, -0.15) is 0 Å². The number of hydrogen-bond acceptors (Lipinski definition) is 8. The zero-order chi connectivity index (χ0) is 23.7. The molecule has 0 atom stereocenters. The molecule has 0 saturated heterocycles. The molecule has 0 unspecified atom stereocenters. The lowest BCUT2D eigenvalue weighted by Gasteiger charge is -2.19. The summed E-state index contributed by atoms with van der Waals surface area (Å²) in [5.41, 5.74) is 1.09. The van der Waals surface area contributed by atoms with Gasteiger partial charge in [-0.05, 0) is 30.5 Å². The smallest absolute Gasteiger partial charge is 0.253 e. The van der Waals surface area contributed by atoms with Crippen molar-refractivity contribution in [3.63, 3.8) is 0 Å². The number of aromatic nitrogens is 1. The SMILES string of the molecule is CS(=O)(=O)N(CCCCCCNc1c(Nc2ccncc2)c(=O)c1=O)OCc1ccccc1. The molecule has 2 aromatic carbocycles. The van der Waals surface area contributed by atoms with Crippen molar-refractivity contribution in [2.75, 3.05) is 30.0 Å². The number of sulfonamides is 1. The van der Waals surface area contributed by atoms with E-state index >= 15 is 0 Å². The normalized spacial score (nSPS) is 11.7. The van der Waals surface area contributed by atoms with E-state index < -0.39 is 20.9 Å². The highest BCUT2D eigenvalue weighted by molar-refractivity contribution is 7.88. The van der Waals surface area contributed by atoms with E-state index in [2.05, 4.69) is 15.6 Å². The number of unbranched alkanes of at least 4 members (excludes halogenated alkanes) is 3. The van der Waals surface area contributed by atoms with Gasteiger partial charge in [0.05, 0.1) is 12.9 Å². The zero-order valence-corrected chi connectivity index (χ0v) is 19.3. The fourth-order valence-electron chi connectivity index (χ4n) is 3.24. The highest BCUT2D eigenvalue weighted by Gasteiger charge is 2.20. The van der Waals surface area contributed by atoms with E-state index in [4.69, 9.17) is 4.84 Å². The van der Waals surface area contributed by atoms with Gasteiger partial charge in [0.15, 0.2) is 0 Å². The number of pyridine rings is 1. The summed E-state index contributed by atoms with van der Waals surface area (Å²) < 4.78 is 25.0. The molecule has 2 N–H and O–H groups in total. The summed E-state index contributed by atoms with van der Waals surface area (Å²) >= 11 is 0. The fraction of sp³-hybridized carbons (Fsp3) is 0.348. The third-order valence-corrected chi connectivity index (χ3v) is 6.04. The molecule has 176 valence electrons. The molecule has 3 rings (SSSR count). The number of hydroxylamine groups is 1. The molecule has 0 fully saturated rings. The second-order valence-corrected chi connectivity index (χ2v) is 9.53. The number of nitrogens with one attached hydrogen (secondary N) is 2. The van der Waals surface area contributed by atoms with E-state index in [1.807, 2.05) is 30.3 Å². The molecule has 1 heterocycles. The van der Waals surface area contributed by atoms with Crippen molar-refractivity contribution >= 4 is 27.1 Å². The molecule has 0 amide bonds. The third-order valence-electron chi connectivity index (χ3n) is 5.02. The first kappa shape index (κ1) is 24.6. The van der Waals surface area contributed by atoms with Gasteiger partial charge in [0, 0.05) is 31.2 Å². The van der Waals surface area contributed by atoms with E-state index in [9.17, 15) is 18.0 Å². The first-order chi connectivity index (χ1) is 15.9. The zero-order valence-electron chi connectivity index (χ0n) is 18.5. The lowest BCUT2D eigenvalue weighted by Crippen LogP contribution is -2.36. The molecular weight excluding hydrogens is 444 g/mol. The minimum atomic E-state index is -3.47. The summed E-state index contributed by atoms with van der Waals surface area (Å²) in [5, 5.41) is 5.98. The molecule has 0 aliphatic heterocycles. The maximum Gasteiger partial charge on any atom is 0.253 e. The second-order valence-electron chi connectivity index (χ2n) is 7.66. The average molecular weight is 473 g/mol. The van der Waals surface area contributed by atoms with Crippen LogP contribution < -0.4 is 21.5 Å². The molecule has 3 aromatic rings. The Hall–Kier alpha value is -3.08. The largest absolute Gasteiger partial charge is 0.380 e. The van der Waals surface area contributed by atoms with Crippen LogP contribution in [0.4, 0.5) is 17.1 Å². The molecule has 0 spiro atoms. The van der Waals surface area contributed by atoms with Crippen LogP contribution in [0, 0.1) is 0 Å². The topological polar surface area (TPSA) is 118 Å². The van der Waals surface area contributed by atoms with Crippen LogP contribution in [0.1, 0.15) is 31.2 Å². The summed E-state index contributed by atoms with van der Waals surface area (Å²) in [5.74, 6) is 0. The molecule has 9 nitrogen and oxygen atoms in total. The predicted octanol–water partition coefficient (Wildman–Crippen LogP) is 2.79. The molecule has 10 heteroatoms. The highest BCUT2D eigenvalue weighted by atomic mass is 32.2. The van der Waals surface area contributed by atoms with Crippen LogP contribution in [-0.2, 0) is 21.5 Å². The number of rotatable bonds is 14. The van der Waals surface area contributed by atoms with Gasteiger partial charge in [0.1, 0.15) is 11.4 Å². The molecule has 33 heavy (non-hydrogen) atoms. The lowest BCUT2D eigenvalue weighted by molar-refractivity contribution is -0.0962. The first-order valence-corrected chi connectivity index (χ1v) is 12.6. The Balaban J connectivity index is 1.37. The van der Waals surface area contributed by atoms with Gasteiger partial charge >= 0.3 is 0 Å². The Morgan fingerprint density at radius 1 is 0.909 bits per heavy atom. The van der Waals surface area contributed by atoms with E-state index in [1.165, 1.54) is 0 Å². The van der Waals surface area contributed by atoms with Gasteiger partial charge < -0.3 is 10.6 Å². The fourth-order valence-corrected chi connectivity index (χ4v) is 3.94.